The molecule has 0 radical (unpaired) electrons. The topological polar surface area (TPSA) is 78.9 Å². The summed E-state index contributed by atoms with van der Waals surface area (Å²) in [5, 5.41) is 9.82. The van der Waals surface area contributed by atoms with Crippen molar-refractivity contribution in [1.82, 2.24) is 4.90 Å². The first-order chi connectivity index (χ1) is 12.5. The maximum Gasteiger partial charge on any atom is 0.416 e. The summed E-state index contributed by atoms with van der Waals surface area (Å²) in [4.78, 5) is 18.6. The summed E-state index contributed by atoms with van der Waals surface area (Å²) in [6, 6.07) is 10.7. The average Bonchev–Trinajstić information content (AvgIpc) is 2.59. The third-order valence-electron chi connectivity index (χ3n) is 4.83. The zero-order valence-electron chi connectivity index (χ0n) is 14.7. The van der Waals surface area contributed by atoms with Gasteiger partial charge in [-0.3, -0.25) is 9.69 Å². The van der Waals surface area contributed by atoms with E-state index in [1.54, 1.807) is 19.1 Å². The molecule has 0 aromatic heterocycles. The molecule has 1 heterocycles. The predicted octanol–water partition coefficient (Wildman–Crippen LogP) is 3.20. The summed E-state index contributed by atoms with van der Waals surface area (Å²) in [5.41, 5.74) is 4.80. The number of phenolic OH excluding ortho intramolecular Hbond substituents is 1. The highest BCUT2D eigenvalue weighted by atomic mass is 19.4. The number of rotatable bonds is 2. The van der Waals surface area contributed by atoms with E-state index in [0.717, 1.165) is 12.1 Å². The van der Waals surface area contributed by atoms with Crippen LogP contribution in [0.4, 0.5) is 13.2 Å². The fourth-order valence-electron chi connectivity index (χ4n) is 3.31. The number of aliphatic imine (C=N–C) groups is 1. The Kier molecular flexibility index (Phi) is 4.37. The van der Waals surface area contributed by atoms with E-state index in [4.69, 9.17) is 5.73 Å². The van der Waals surface area contributed by atoms with Gasteiger partial charge in [-0.05, 0) is 42.3 Å². The Morgan fingerprint density at radius 3 is 2.37 bits per heavy atom. The van der Waals surface area contributed by atoms with Crippen molar-refractivity contribution in [2.24, 2.45) is 10.7 Å². The molecule has 1 amide bonds. The molecule has 142 valence electrons. The number of hydrogen-bond acceptors (Lipinski definition) is 4. The number of carbonyl (C=O) groups is 1. The van der Waals surface area contributed by atoms with Crippen molar-refractivity contribution in [3.05, 3.63) is 65.2 Å². The van der Waals surface area contributed by atoms with Crippen molar-refractivity contribution in [3.63, 3.8) is 0 Å². The van der Waals surface area contributed by atoms with Crippen LogP contribution in [0.15, 0.2) is 53.5 Å². The first kappa shape index (κ1) is 18.8. The number of carbonyl (C=O) groups excluding carboxylic acids is 1. The van der Waals surface area contributed by atoms with Gasteiger partial charge in [-0.1, -0.05) is 24.3 Å². The van der Waals surface area contributed by atoms with Crippen LogP contribution in [0.2, 0.25) is 0 Å². The second-order valence-corrected chi connectivity index (χ2v) is 6.62. The zero-order valence-corrected chi connectivity index (χ0v) is 14.7. The number of halogens is 3. The van der Waals surface area contributed by atoms with Gasteiger partial charge < -0.3 is 10.8 Å². The van der Waals surface area contributed by atoms with Crippen LogP contribution in [-0.4, -0.2) is 28.9 Å². The molecule has 0 unspecified atom stereocenters. The van der Waals surface area contributed by atoms with E-state index in [-0.39, 0.29) is 11.7 Å². The molecule has 3 rings (SSSR count). The number of hydrogen-bond donors (Lipinski definition) is 2. The first-order valence-corrected chi connectivity index (χ1v) is 8.13. The van der Waals surface area contributed by atoms with Crippen LogP contribution in [0.3, 0.4) is 0 Å². The highest BCUT2D eigenvalue weighted by Crippen LogP contribution is 2.45. The van der Waals surface area contributed by atoms with Gasteiger partial charge in [-0.25, -0.2) is 4.99 Å². The summed E-state index contributed by atoms with van der Waals surface area (Å²) in [5.74, 6) is -1.32. The van der Waals surface area contributed by atoms with Crippen molar-refractivity contribution >= 4 is 11.9 Å². The molecule has 2 atom stereocenters. The third-order valence-corrected chi connectivity index (χ3v) is 4.83. The van der Waals surface area contributed by atoms with E-state index in [9.17, 15) is 23.1 Å². The molecule has 0 saturated carbocycles. The van der Waals surface area contributed by atoms with Crippen LogP contribution >= 0.6 is 0 Å². The van der Waals surface area contributed by atoms with E-state index in [1.165, 1.54) is 36.2 Å². The summed E-state index contributed by atoms with van der Waals surface area (Å²) >= 11 is 0. The maximum absolute atomic E-state index is 13.0. The van der Waals surface area contributed by atoms with E-state index in [1.807, 2.05) is 0 Å². The lowest BCUT2D eigenvalue weighted by Gasteiger charge is -2.41. The first-order valence-electron chi connectivity index (χ1n) is 8.13. The second kappa shape index (κ2) is 6.29. The molecule has 0 bridgehead atoms. The van der Waals surface area contributed by atoms with Crippen molar-refractivity contribution < 1.29 is 23.1 Å². The lowest BCUT2D eigenvalue weighted by molar-refractivity contribution is -0.137. The molecule has 27 heavy (non-hydrogen) atoms. The van der Waals surface area contributed by atoms with E-state index < -0.39 is 29.1 Å². The Hall–Kier alpha value is -3.03. The summed E-state index contributed by atoms with van der Waals surface area (Å²) in [6.07, 6.45) is -4.47. The molecule has 1 aliphatic rings. The van der Waals surface area contributed by atoms with Gasteiger partial charge in [-0.15, -0.1) is 0 Å². The van der Waals surface area contributed by atoms with Crippen LogP contribution in [0.5, 0.6) is 5.75 Å². The summed E-state index contributed by atoms with van der Waals surface area (Å²) in [6.45, 7) is 1.67. The number of amides is 1. The lowest BCUT2D eigenvalue weighted by Crippen LogP contribution is -2.52. The maximum atomic E-state index is 13.0. The van der Waals surface area contributed by atoms with Crippen molar-refractivity contribution in [2.45, 2.75) is 24.6 Å². The molecule has 1 aliphatic heterocycles. The van der Waals surface area contributed by atoms with Gasteiger partial charge in [0.2, 0.25) is 5.91 Å². The average molecular weight is 377 g/mol. The quantitative estimate of drug-likeness (QED) is 0.844. The van der Waals surface area contributed by atoms with Gasteiger partial charge in [0, 0.05) is 7.05 Å². The minimum absolute atomic E-state index is 0.00555. The Morgan fingerprint density at radius 2 is 1.81 bits per heavy atom. The SMILES string of the molecule is CN1C(=O)[C@@H](c2ccc(C(F)(F)F)cc2)[C@@](C)(c2cccc(O)c2)N=C1N. The molecule has 2 aromatic carbocycles. The Balaban J connectivity index is 2.16. The van der Waals surface area contributed by atoms with Crippen molar-refractivity contribution in [3.8, 4) is 5.75 Å². The number of likely N-dealkylation sites (N-methyl/N-ethyl adjacent to an activating group) is 1. The van der Waals surface area contributed by atoms with E-state index in [0.29, 0.717) is 11.1 Å². The standard InChI is InChI=1S/C19H18F3N3O2/c1-18(13-4-3-5-14(26)10-13)15(16(27)25(2)17(23)24-18)11-6-8-12(9-7-11)19(20,21)22/h3-10,15,26H,1-2H3,(H2,23,24)/t15-,18-/m1/s1. The molecule has 2 aromatic rings. The molecule has 0 spiro atoms. The van der Waals surface area contributed by atoms with Crippen molar-refractivity contribution in [2.75, 3.05) is 7.05 Å². The van der Waals surface area contributed by atoms with E-state index >= 15 is 0 Å². The number of alkyl halides is 3. The highest BCUT2D eigenvalue weighted by Gasteiger charge is 2.47. The number of benzene rings is 2. The molecule has 0 fully saturated rings. The third kappa shape index (κ3) is 3.22. The Morgan fingerprint density at radius 1 is 1.19 bits per heavy atom. The number of guanidine groups is 1. The van der Waals surface area contributed by atoms with E-state index in [2.05, 4.69) is 4.99 Å². The normalized spacial score (nSPS) is 23.3. The second-order valence-electron chi connectivity index (χ2n) is 6.62. The molecule has 0 saturated heterocycles. The molecular weight excluding hydrogens is 359 g/mol. The van der Waals surface area contributed by atoms with Gasteiger partial charge >= 0.3 is 6.18 Å². The number of nitrogens with two attached hydrogens (primary N) is 1. The fraction of sp³-hybridized carbons (Fsp3) is 0.263. The smallest absolute Gasteiger partial charge is 0.416 e. The zero-order chi connectivity index (χ0) is 20.0. The Labute approximate surface area is 153 Å². The van der Waals surface area contributed by atoms with Crippen LogP contribution < -0.4 is 5.73 Å². The lowest BCUT2D eigenvalue weighted by atomic mass is 9.74. The largest absolute Gasteiger partial charge is 0.508 e. The monoisotopic (exact) mass is 377 g/mol. The number of phenols is 1. The molecule has 0 aliphatic carbocycles. The Bertz CT molecular complexity index is 909. The molecular formula is C19H18F3N3O2. The molecule has 3 N–H and O–H groups in total. The highest BCUT2D eigenvalue weighted by molar-refractivity contribution is 6.02. The number of nitrogens with zero attached hydrogens (tertiary/aromatic N) is 2. The summed E-state index contributed by atoms with van der Waals surface area (Å²) in [7, 11) is 1.46. The molecule has 5 nitrogen and oxygen atoms in total. The number of aromatic hydroxyl groups is 1. The summed E-state index contributed by atoms with van der Waals surface area (Å²) < 4.78 is 38.6. The van der Waals surface area contributed by atoms with Crippen LogP contribution in [-0.2, 0) is 16.5 Å². The molecule has 8 heteroatoms. The van der Waals surface area contributed by atoms with Gasteiger partial charge in [0.05, 0.1) is 11.5 Å². The fourth-order valence-corrected chi connectivity index (χ4v) is 3.31. The van der Waals surface area contributed by atoms with Gasteiger partial charge in [0.15, 0.2) is 5.96 Å². The van der Waals surface area contributed by atoms with Gasteiger partial charge in [0.1, 0.15) is 11.3 Å². The van der Waals surface area contributed by atoms with Crippen molar-refractivity contribution in [1.29, 1.82) is 0 Å². The minimum Gasteiger partial charge on any atom is -0.508 e. The predicted molar refractivity (Wildman–Crippen MR) is 94.0 cm³/mol. The minimum atomic E-state index is -4.47. The van der Waals surface area contributed by atoms with Crippen LogP contribution in [0.25, 0.3) is 0 Å². The van der Waals surface area contributed by atoms with Gasteiger partial charge in [0.25, 0.3) is 0 Å². The van der Waals surface area contributed by atoms with Gasteiger partial charge in [-0.2, -0.15) is 13.2 Å². The van der Waals surface area contributed by atoms with Crippen LogP contribution in [0, 0.1) is 0 Å². The van der Waals surface area contributed by atoms with Crippen LogP contribution in [0.1, 0.15) is 29.5 Å².